The molecule has 0 saturated carbocycles. The minimum atomic E-state index is -1.37. The lowest BCUT2D eigenvalue weighted by Gasteiger charge is -2.43. The van der Waals surface area contributed by atoms with Gasteiger partial charge in [0, 0.05) is 0 Å². The third-order valence-electron chi connectivity index (χ3n) is 3.91. The zero-order valence-electron chi connectivity index (χ0n) is 11.1. The Labute approximate surface area is 102 Å². The van der Waals surface area contributed by atoms with Gasteiger partial charge in [0.05, 0.1) is 19.1 Å². The van der Waals surface area contributed by atoms with E-state index in [2.05, 4.69) is 5.32 Å². The molecule has 0 aliphatic carbocycles. The first-order valence-corrected chi connectivity index (χ1v) is 6.06. The molecule has 0 aromatic heterocycles. The first-order valence-electron chi connectivity index (χ1n) is 6.06. The van der Waals surface area contributed by atoms with Gasteiger partial charge in [-0.2, -0.15) is 0 Å². The third kappa shape index (κ3) is 2.77. The van der Waals surface area contributed by atoms with Crippen LogP contribution in [0.1, 0.15) is 40.0 Å². The van der Waals surface area contributed by atoms with Gasteiger partial charge in [0.1, 0.15) is 12.1 Å². The van der Waals surface area contributed by atoms with Gasteiger partial charge in [-0.25, -0.2) is 4.79 Å². The number of nitrogens with one attached hydrogen (secondary N) is 1. The summed E-state index contributed by atoms with van der Waals surface area (Å²) in [6.07, 6.45) is 0.993. The van der Waals surface area contributed by atoms with Crippen LogP contribution in [0.2, 0.25) is 0 Å². The Balaban J connectivity index is 2.99. The Morgan fingerprint density at radius 2 is 2.00 bits per heavy atom. The van der Waals surface area contributed by atoms with Crippen LogP contribution in [-0.2, 0) is 4.79 Å². The van der Waals surface area contributed by atoms with Crippen LogP contribution in [0.4, 0.5) is 4.79 Å². The molecule has 1 N–H and O–H groups in total. The fourth-order valence-corrected chi connectivity index (χ4v) is 2.30. The molecule has 0 bridgehead atoms. The molecule has 1 aliphatic rings. The van der Waals surface area contributed by atoms with Crippen molar-refractivity contribution in [2.75, 3.05) is 13.6 Å². The summed E-state index contributed by atoms with van der Waals surface area (Å²) in [6.45, 7) is 6.78. The predicted molar refractivity (Wildman–Crippen MR) is 62.0 cm³/mol. The number of carbonyl (C=O) groups excluding carboxylic acids is 2. The Morgan fingerprint density at radius 3 is 2.47 bits per heavy atom. The van der Waals surface area contributed by atoms with Crippen LogP contribution in [-0.4, -0.2) is 41.7 Å². The van der Waals surface area contributed by atoms with Crippen molar-refractivity contribution >= 4 is 12.0 Å². The summed E-state index contributed by atoms with van der Waals surface area (Å²) in [5.74, 6) is -0.0563. The average Bonchev–Trinajstić information content (AvgIpc) is 2.30. The zero-order valence-corrected chi connectivity index (χ0v) is 11.1. The molecule has 1 aliphatic heterocycles. The van der Waals surface area contributed by atoms with E-state index in [1.54, 1.807) is 0 Å². The maximum atomic E-state index is 12.5. The summed E-state index contributed by atoms with van der Waals surface area (Å²) in [5, 5.41) is 12.8. The highest BCUT2D eigenvalue weighted by Crippen LogP contribution is 2.28. The number of likely N-dealkylation sites (N-methyl/N-ethyl adjacent to an activating group) is 1. The lowest BCUT2D eigenvalue weighted by molar-refractivity contribution is -0.882. The molecule has 0 spiro atoms. The Kier molecular flexibility index (Phi) is 3.81. The number of quaternary nitrogens is 1. The highest BCUT2D eigenvalue weighted by Gasteiger charge is 2.47. The molecule has 1 fully saturated rings. The molecule has 1 unspecified atom stereocenters. The normalized spacial score (nSPS) is 30.8. The second-order valence-corrected chi connectivity index (χ2v) is 5.90. The average molecular weight is 242 g/mol. The van der Waals surface area contributed by atoms with Gasteiger partial charge in [0.15, 0.2) is 0 Å². The van der Waals surface area contributed by atoms with Crippen molar-refractivity contribution in [1.29, 1.82) is 0 Å². The number of carbonyl (C=O) groups is 2. The summed E-state index contributed by atoms with van der Waals surface area (Å²) in [4.78, 5) is 23.1. The van der Waals surface area contributed by atoms with Crippen LogP contribution >= 0.6 is 0 Å². The third-order valence-corrected chi connectivity index (χ3v) is 3.91. The predicted octanol–water partition coefficient (Wildman–Crippen LogP) is 0.244. The van der Waals surface area contributed by atoms with Crippen molar-refractivity contribution in [3.05, 3.63) is 0 Å². The highest BCUT2D eigenvalue weighted by molar-refractivity contribution is 5.80. The quantitative estimate of drug-likeness (QED) is 0.670. The molecule has 5 heteroatoms. The second kappa shape index (κ2) is 4.64. The SMILES string of the molecule is CC(C)(C)[N+]1(C)CCCC[C@H](NC(=O)[O-])C1=O. The summed E-state index contributed by atoms with van der Waals surface area (Å²) >= 11 is 0. The van der Waals surface area contributed by atoms with Crippen molar-refractivity contribution < 1.29 is 19.2 Å². The first kappa shape index (κ1) is 14.0. The van der Waals surface area contributed by atoms with Gasteiger partial charge in [0.25, 0.3) is 0 Å². The van der Waals surface area contributed by atoms with E-state index in [9.17, 15) is 14.7 Å². The van der Waals surface area contributed by atoms with E-state index in [4.69, 9.17) is 0 Å². The van der Waals surface area contributed by atoms with Crippen LogP contribution in [0.25, 0.3) is 0 Å². The molecule has 2 amide bonds. The van der Waals surface area contributed by atoms with Crippen molar-refractivity contribution in [2.45, 2.75) is 51.6 Å². The van der Waals surface area contributed by atoms with Crippen LogP contribution in [0.3, 0.4) is 0 Å². The van der Waals surface area contributed by atoms with E-state index in [0.29, 0.717) is 6.42 Å². The largest absolute Gasteiger partial charge is 0.530 e. The van der Waals surface area contributed by atoms with E-state index >= 15 is 0 Å². The number of hydrogen-bond acceptors (Lipinski definition) is 3. The van der Waals surface area contributed by atoms with Crippen molar-refractivity contribution in [2.24, 2.45) is 0 Å². The van der Waals surface area contributed by atoms with E-state index < -0.39 is 12.1 Å². The Hall–Kier alpha value is -1.10. The number of amides is 2. The number of nitrogens with zero attached hydrogens (tertiary/aromatic N) is 1. The van der Waals surface area contributed by atoms with E-state index in [1.807, 2.05) is 27.8 Å². The molecule has 1 heterocycles. The fraction of sp³-hybridized carbons (Fsp3) is 0.833. The summed E-state index contributed by atoms with van der Waals surface area (Å²) in [5.41, 5.74) is -0.229. The van der Waals surface area contributed by atoms with Gasteiger partial charge < -0.3 is 15.2 Å². The van der Waals surface area contributed by atoms with Crippen LogP contribution in [0.5, 0.6) is 0 Å². The minimum absolute atomic E-state index is 0.0563. The topological polar surface area (TPSA) is 69.2 Å². The van der Waals surface area contributed by atoms with Gasteiger partial charge in [-0.3, -0.25) is 4.48 Å². The molecule has 98 valence electrons. The summed E-state index contributed by atoms with van der Waals surface area (Å²) in [7, 11) is 1.89. The smallest absolute Gasteiger partial charge is 0.336 e. The van der Waals surface area contributed by atoms with Crippen molar-refractivity contribution in [3.8, 4) is 0 Å². The highest BCUT2D eigenvalue weighted by atomic mass is 16.4. The maximum absolute atomic E-state index is 12.5. The zero-order chi connectivity index (χ0) is 13.3. The summed E-state index contributed by atoms with van der Waals surface area (Å²) < 4.78 is 0.262. The van der Waals surface area contributed by atoms with Crippen molar-refractivity contribution in [3.63, 3.8) is 0 Å². The molecule has 1 rings (SSSR count). The monoisotopic (exact) mass is 242 g/mol. The molecule has 2 atom stereocenters. The van der Waals surface area contributed by atoms with Gasteiger partial charge >= 0.3 is 5.91 Å². The van der Waals surface area contributed by atoms with Gasteiger partial charge in [0.2, 0.25) is 0 Å². The fourth-order valence-electron chi connectivity index (χ4n) is 2.30. The molecule has 0 radical (unpaired) electrons. The van der Waals surface area contributed by atoms with Crippen LogP contribution in [0, 0.1) is 0 Å². The summed E-state index contributed by atoms with van der Waals surface area (Å²) in [6, 6.07) is -0.633. The van der Waals surface area contributed by atoms with Crippen molar-refractivity contribution in [1.82, 2.24) is 5.32 Å². The maximum Gasteiger partial charge on any atom is 0.336 e. The first-order chi connectivity index (χ1) is 7.68. The van der Waals surface area contributed by atoms with Gasteiger partial charge in [-0.1, -0.05) is 0 Å². The number of likely N-dealkylation sites (tertiary alicyclic amines) is 1. The lowest BCUT2D eigenvalue weighted by atomic mass is 10.0. The molecule has 0 aromatic carbocycles. The number of rotatable bonds is 1. The van der Waals surface area contributed by atoms with Gasteiger partial charge in [-0.15, -0.1) is 0 Å². The van der Waals surface area contributed by atoms with E-state index in [1.165, 1.54) is 0 Å². The molecular formula is C12H22N2O3. The standard InChI is InChI=1S/C12H22N2O3/c1-12(2,3)14(4)8-6-5-7-9(10(14)15)13-11(16)17/h9,13H,5-8H2,1-4H3/t9-,14?/m0/s1. The van der Waals surface area contributed by atoms with E-state index in [-0.39, 0.29) is 15.9 Å². The van der Waals surface area contributed by atoms with E-state index in [0.717, 1.165) is 19.4 Å². The number of carboxylic acid groups (broad SMARTS) is 1. The minimum Gasteiger partial charge on any atom is -0.530 e. The molecule has 1 saturated heterocycles. The molecule has 0 aromatic rings. The molecule has 5 nitrogen and oxygen atoms in total. The Morgan fingerprint density at radius 1 is 1.41 bits per heavy atom. The Bertz CT molecular complexity index is 322. The molecular weight excluding hydrogens is 220 g/mol. The molecule has 17 heavy (non-hydrogen) atoms. The van der Waals surface area contributed by atoms with Crippen LogP contribution in [0.15, 0.2) is 0 Å². The lowest BCUT2D eigenvalue weighted by Crippen LogP contribution is -2.66. The van der Waals surface area contributed by atoms with Crippen LogP contribution < -0.4 is 10.4 Å². The van der Waals surface area contributed by atoms with Gasteiger partial charge in [-0.05, 0) is 40.0 Å². The second-order valence-electron chi connectivity index (χ2n) is 5.90. The number of hydrogen-bond donors (Lipinski definition) is 1.